The zero-order valence-electron chi connectivity index (χ0n) is 10.7. The average molecular weight is 300 g/mol. The summed E-state index contributed by atoms with van der Waals surface area (Å²) in [6.45, 7) is 0. The molecule has 2 N–H and O–H groups in total. The van der Waals surface area contributed by atoms with Crippen molar-refractivity contribution in [3.05, 3.63) is 64.2 Å². The number of H-pyrrole nitrogens is 1. The molecule has 0 bridgehead atoms. The third-order valence-electron chi connectivity index (χ3n) is 3.00. The van der Waals surface area contributed by atoms with Gasteiger partial charge in [-0.2, -0.15) is 4.98 Å². The maximum atomic E-state index is 12.3. The second-order valence-corrected chi connectivity index (χ2v) is 4.74. The number of aromatic nitrogens is 3. The van der Waals surface area contributed by atoms with E-state index in [1.165, 1.54) is 0 Å². The maximum absolute atomic E-state index is 12.3. The molecule has 0 aliphatic rings. The van der Waals surface area contributed by atoms with Crippen LogP contribution in [0.25, 0.3) is 22.5 Å². The summed E-state index contributed by atoms with van der Waals surface area (Å²) in [5.41, 5.74) is 0.690. The van der Waals surface area contributed by atoms with E-state index in [1.807, 2.05) is 0 Å². The minimum atomic E-state index is -0.456. The summed E-state index contributed by atoms with van der Waals surface area (Å²) in [6, 6.07) is 10.2. The number of aromatic amines is 1. The molecule has 0 atom stereocenters. The first-order valence-electron chi connectivity index (χ1n) is 6.15. The van der Waals surface area contributed by atoms with Crippen molar-refractivity contribution < 1.29 is 5.11 Å². The van der Waals surface area contributed by atoms with Crippen LogP contribution in [-0.4, -0.2) is 20.1 Å². The molecule has 3 rings (SSSR count). The number of rotatable bonds is 2. The number of nitrogens with zero attached hydrogens (tertiary/aromatic N) is 2. The highest BCUT2D eigenvalue weighted by molar-refractivity contribution is 6.33. The van der Waals surface area contributed by atoms with Crippen LogP contribution in [0.3, 0.4) is 0 Å². The quantitative estimate of drug-likeness (QED) is 0.762. The van der Waals surface area contributed by atoms with Crippen LogP contribution in [0.5, 0.6) is 5.88 Å². The molecule has 2 heterocycles. The van der Waals surface area contributed by atoms with Crippen molar-refractivity contribution in [2.24, 2.45) is 0 Å². The van der Waals surface area contributed by atoms with Crippen LogP contribution in [0.1, 0.15) is 0 Å². The van der Waals surface area contributed by atoms with Crippen molar-refractivity contribution in [1.29, 1.82) is 0 Å². The molecule has 0 spiro atoms. The molecule has 104 valence electrons. The Balaban J connectivity index is 2.19. The predicted octanol–water partition coefficient (Wildman–Crippen LogP) is 2.86. The first kappa shape index (κ1) is 13.3. The van der Waals surface area contributed by atoms with Gasteiger partial charge in [0.15, 0.2) is 0 Å². The summed E-state index contributed by atoms with van der Waals surface area (Å²) in [4.78, 5) is 22.8. The van der Waals surface area contributed by atoms with Crippen molar-refractivity contribution in [2.45, 2.75) is 0 Å². The highest BCUT2D eigenvalue weighted by atomic mass is 35.5. The Bertz CT molecular complexity index is 847. The van der Waals surface area contributed by atoms with E-state index >= 15 is 0 Å². The van der Waals surface area contributed by atoms with Crippen LogP contribution >= 0.6 is 11.6 Å². The van der Waals surface area contributed by atoms with Gasteiger partial charge in [-0.1, -0.05) is 29.8 Å². The molecule has 0 saturated heterocycles. The molecule has 21 heavy (non-hydrogen) atoms. The largest absolute Gasteiger partial charge is 0.493 e. The molecule has 0 amide bonds. The van der Waals surface area contributed by atoms with Crippen LogP contribution in [0, 0.1) is 0 Å². The van der Waals surface area contributed by atoms with Crippen LogP contribution in [0.2, 0.25) is 5.02 Å². The topological polar surface area (TPSA) is 78.9 Å². The van der Waals surface area contributed by atoms with E-state index < -0.39 is 5.56 Å². The summed E-state index contributed by atoms with van der Waals surface area (Å²) >= 11 is 6.06. The SMILES string of the molecule is O=c1[nH]c(-c2ccncc2)nc(O)c1-c1ccccc1Cl. The molecule has 0 fully saturated rings. The van der Waals surface area contributed by atoms with E-state index in [4.69, 9.17) is 11.6 Å². The van der Waals surface area contributed by atoms with E-state index in [9.17, 15) is 9.90 Å². The minimum Gasteiger partial charge on any atom is -0.493 e. The number of hydrogen-bond donors (Lipinski definition) is 2. The smallest absolute Gasteiger partial charge is 0.262 e. The van der Waals surface area contributed by atoms with Gasteiger partial charge >= 0.3 is 0 Å². The zero-order valence-corrected chi connectivity index (χ0v) is 11.5. The van der Waals surface area contributed by atoms with Gasteiger partial charge in [-0.15, -0.1) is 0 Å². The number of hydrogen-bond acceptors (Lipinski definition) is 4. The number of pyridine rings is 1. The Labute approximate surface area is 124 Å². The third kappa shape index (κ3) is 2.51. The van der Waals surface area contributed by atoms with E-state index in [1.54, 1.807) is 48.8 Å². The van der Waals surface area contributed by atoms with Gasteiger partial charge in [0.1, 0.15) is 11.4 Å². The fourth-order valence-corrected chi connectivity index (χ4v) is 2.24. The van der Waals surface area contributed by atoms with Crippen molar-refractivity contribution in [3.63, 3.8) is 0 Å². The van der Waals surface area contributed by atoms with Crippen LogP contribution in [0.15, 0.2) is 53.6 Å². The Morgan fingerprint density at radius 1 is 1.10 bits per heavy atom. The lowest BCUT2D eigenvalue weighted by Gasteiger charge is -2.07. The lowest BCUT2D eigenvalue weighted by atomic mass is 10.1. The Morgan fingerprint density at radius 3 is 2.48 bits per heavy atom. The van der Waals surface area contributed by atoms with Gasteiger partial charge < -0.3 is 10.1 Å². The fraction of sp³-hybridized carbons (Fsp3) is 0. The molecule has 3 aromatic rings. The Kier molecular flexibility index (Phi) is 3.41. The van der Waals surface area contributed by atoms with Gasteiger partial charge in [-0.3, -0.25) is 9.78 Å². The standard InChI is InChI=1S/C15H10ClN3O2/c16-11-4-2-1-3-10(11)12-14(20)18-13(19-15(12)21)9-5-7-17-8-6-9/h1-8H,(H2,18,19,20,21). The number of halogens is 1. The second kappa shape index (κ2) is 5.38. The van der Waals surface area contributed by atoms with Crippen molar-refractivity contribution in [3.8, 4) is 28.4 Å². The van der Waals surface area contributed by atoms with E-state index in [-0.39, 0.29) is 17.3 Å². The van der Waals surface area contributed by atoms with Gasteiger partial charge in [0, 0.05) is 28.5 Å². The van der Waals surface area contributed by atoms with Crippen molar-refractivity contribution >= 4 is 11.6 Å². The van der Waals surface area contributed by atoms with Crippen molar-refractivity contribution in [1.82, 2.24) is 15.0 Å². The van der Waals surface area contributed by atoms with Gasteiger partial charge in [0.2, 0.25) is 5.88 Å². The summed E-state index contributed by atoms with van der Waals surface area (Å²) in [5.74, 6) is -0.0886. The number of nitrogens with one attached hydrogen (secondary N) is 1. The maximum Gasteiger partial charge on any atom is 0.262 e. The fourth-order valence-electron chi connectivity index (χ4n) is 2.01. The molecule has 5 nitrogen and oxygen atoms in total. The third-order valence-corrected chi connectivity index (χ3v) is 3.33. The zero-order chi connectivity index (χ0) is 14.8. The average Bonchev–Trinajstić information content (AvgIpc) is 2.49. The molecule has 0 aliphatic heterocycles. The van der Waals surface area contributed by atoms with Gasteiger partial charge in [-0.05, 0) is 18.2 Å². The second-order valence-electron chi connectivity index (χ2n) is 4.33. The van der Waals surface area contributed by atoms with Gasteiger partial charge in [-0.25, -0.2) is 0 Å². The minimum absolute atomic E-state index is 0.0541. The number of aromatic hydroxyl groups is 1. The summed E-state index contributed by atoms with van der Waals surface area (Å²) in [5, 5.41) is 10.5. The molecule has 1 aromatic carbocycles. The molecular formula is C15H10ClN3O2. The van der Waals surface area contributed by atoms with E-state index in [0.717, 1.165) is 0 Å². The van der Waals surface area contributed by atoms with Gasteiger partial charge in [0.05, 0.1) is 0 Å². The molecule has 0 radical (unpaired) electrons. The highest BCUT2D eigenvalue weighted by Gasteiger charge is 2.15. The molecule has 0 aliphatic carbocycles. The first-order valence-corrected chi connectivity index (χ1v) is 6.53. The lowest BCUT2D eigenvalue weighted by Crippen LogP contribution is -2.12. The van der Waals surface area contributed by atoms with E-state index in [2.05, 4.69) is 15.0 Å². The molecule has 0 saturated carbocycles. The van der Waals surface area contributed by atoms with E-state index in [0.29, 0.717) is 16.1 Å². The molecule has 2 aromatic heterocycles. The van der Waals surface area contributed by atoms with Crippen LogP contribution in [0.4, 0.5) is 0 Å². The monoisotopic (exact) mass is 299 g/mol. The summed E-state index contributed by atoms with van der Waals surface area (Å²) in [6.07, 6.45) is 3.16. The number of benzene rings is 1. The Hall–Kier alpha value is -2.66. The summed E-state index contributed by atoms with van der Waals surface area (Å²) in [7, 11) is 0. The molecular weight excluding hydrogens is 290 g/mol. The summed E-state index contributed by atoms with van der Waals surface area (Å²) < 4.78 is 0. The van der Waals surface area contributed by atoms with Crippen LogP contribution in [-0.2, 0) is 0 Å². The normalized spacial score (nSPS) is 10.5. The first-order chi connectivity index (χ1) is 10.2. The van der Waals surface area contributed by atoms with Crippen molar-refractivity contribution in [2.75, 3.05) is 0 Å². The molecule has 6 heteroatoms. The highest BCUT2D eigenvalue weighted by Crippen LogP contribution is 2.30. The molecule has 0 unspecified atom stereocenters. The predicted molar refractivity (Wildman–Crippen MR) is 80.2 cm³/mol. The lowest BCUT2D eigenvalue weighted by molar-refractivity contribution is 0.454. The van der Waals surface area contributed by atoms with Crippen LogP contribution < -0.4 is 5.56 Å². The van der Waals surface area contributed by atoms with Gasteiger partial charge in [0.25, 0.3) is 5.56 Å². The Morgan fingerprint density at radius 2 is 1.81 bits per heavy atom.